The van der Waals surface area contributed by atoms with E-state index in [4.69, 9.17) is 10.2 Å². The number of nitrogens with zero attached hydrogens (tertiary/aromatic N) is 1. The third-order valence-electron chi connectivity index (χ3n) is 2.45. The van der Waals surface area contributed by atoms with Gasteiger partial charge in [0.25, 0.3) is 0 Å². The first-order chi connectivity index (χ1) is 8.16. The Kier molecular flexibility index (Phi) is 3.09. The number of carbonyl (C=O) groups excluding carboxylic acids is 1. The van der Waals surface area contributed by atoms with Crippen molar-refractivity contribution in [3.63, 3.8) is 0 Å². The molecule has 0 radical (unpaired) electrons. The van der Waals surface area contributed by atoms with Crippen LogP contribution in [0.5, 0.6) is 0 Å². The van der Waals surface area contributed by atoms with E-state index in [0.717, 1.165) is 17.0 Å². The minimum atomic E-state index is -0.421. The highest BCUT2D eigenvalue weighted by atomic mass is 16.3. The molecule has 17 heavy (non-hydrogen) atoms. The Bertz CT molecular complexity index is 521. The number of anilines is 1. The summed E-state index contributed by atoms with van der Waals surface area (Å²) in [6.45, 7) is 2.46. The van der Waals surface area contributed by atoms with Crippen molar-refractivity contribution in [3.8, 4) is 0 Å². The lowest BCUT2D eigenvalue weighted by Gasteiger charge is -2.08. The van der Waals surface area contributed by atoms with Gasteiger partial charge in [0.05, 0.1) is 12.7 Å². The Morgan fingerprint density at radius 2 is 2.35 bits per heavy atom. The van der Waals surface area contributed by atoms with Gasteiger partial charge in [0.2, 0.25) is 5.91 Å². The normalized spacial score (nSPS) is 10.2. The monoisotopic (exact) mass is 231 g/mol. The van der Waals surface area contributed by atoms with Crippen LogP contribution < -0.4 is 11.1 Å². The lowest BCUT2D eigenvalue weighted by atomic mass is 10.1. The molecule has 0 aliphatic carbocycles. The van der Waals surface area contributed by atoms with Crippen molar-refractivity contribution in [2.45, 2.75) is 13.5 Å². The third-order valence-corrected chi connectivity index (χ3v) is 2.45. The van der Waals surface area contributed by atoms with Crippen molar-refractivity contribution in [1.29, 1.82) is 0 Å². The first kappa shape index (κ1) is 11.2. The molecule has 1 amide bonds. The van der Waals surface area contributed by atoms with E-state index < -0.39 is 5.91 Å². The smallest absolute Gasteiger partial charge is 0.248 e. The molecule has 1 heterocycles. The molecule has 3 N–H and O–H groups in total. The Morgan fingerprint density at radius 3 is 2.94 bits per heavy atom. The van der Waals surface area contributed by atoms with Gasteiger partial charge in [-0.15, -0.1) is 0 Å². The predicted octanol–water partition coefficient (Wildman–Crippen LogP) is 1.69. The van der Waals surface area contributed by atoms with Crippen molar-refractivity contribution < 1.29 is 9.21 Å². The largest absolute Gasteiger partial charge is 0.447 e. The molecule has 5 nitrogen and oxygen atoms in total. The van der Waals surface area contributed by atoms with Gasteiger partial charge >= 0.3 is 0 Å². The number of primary amides is 1. The summed E-state index contributed by atoms with van der Waals surface area (Å²) in [7, 11) is 0. The summed E-state index contributed by atoms with van der Waals surface area (Å²) in [4.78, 5) is 14.8. The molecule has 0 spiro atoms. The van der Waals surface area contributed by atoms with Gasteiger partial charge in [0, 0.05) is 11.3 Å². The molecule has 1 aromatic carbocycles. The van der Waals surface area contributed by atoms with Crippen LogP contribution in [0.3, 0.4) is 0 Å². The maximum absolute atomic E-state index is 11.0. The Labute approximate surface area is 98.6 Å². The van der Waals surface area contributed by atoms with Gasteiger partial charge in [0.15, 0.2) is 6.39 Å². The minimum Gasteiger partial charge on any atom is -0.447 e. The van der Waals surface area contributed by atoms with E-state index in [1.165, 1.54) is 6.39 Å². The number of nitrogens with two attached hydrogens (primary N) is 1. The van der Waals surface area contributed by atoms with Gasteiger partial charge in [-0.25, -0.2) is 4.98 Å². The fraction of sp³-hybridized carbons (Fsp3) is 0.167. The van der Waals surface area contributed by atoms with Gasteiger partial charge in [0.1, 0.15) is 5.76 Å². The lowest BCUT2D eigenvalue weighted by molar-refractivity contribution is 0.1000. The first-order valence-corrected chi connectivity index (χ1v) is 5.18. The highest BCUT2D eigenvalue weighted by Gasteiger charge is 2.04. The number of oxazole rings is 1. The summed E-state index contributed by atoms with van der Waals surface area (Å²) >= 11 is 0. The third kappa shape index (κ3) is 2.63. The van der Waals surface area contributed by atoms with Crippen molar-refractivity contribution in [3.05, 3.63) is 47.7 Å². The van der Waals surface area contributed by atoms with E-state index in [-0.39, 0.29) is 0 Å². The zero-order valence-electron chi connectivity index (χ0n) is 9.43. The van der Waals surface area contributed by atoms with Gasteiger partial charge in [-0.05, 0) is 30.7 Å². The predicted molar refractivity (Wildman–Crippen MR) is 63.5 cm³/mol. The maximum atomic E-state index is 11.0. The number of benzene rings is 1. The second-order valence-corrected chi connectivity index (χ2v) is 3.72. The molecule has 2 rings (SSSR count). The molecule has 0 aliphatic heterocycles. The van der Waals surface area contributed by atoms with Crippen molar-refractivity contribution in [2.75, 3.05) is 5.32 Å². The zero-order valence-corrected chi connectivity index (χ0v) is 9.43. The highest BCUT2D eigenvalue weighted by Crippen LogP contribution is 2.17. The summed E-state index contributed by atoms with van der Waals surface area (Å²) in [5.41, 5.74) is 7.60. The number of carbonyl (C=O) groups is 1. The number of hydrogen-bond donors (Lipinski definition) is 2. The minimum absolute atomic E-state index is 0.421. The van der Waals surface area contributed by atoms with Gasteiger partial charge in [-0.2, -0.15) is 0 Å². The molecule has 0 unspecified atom stereocenters. The lowest BCUT2D eigenvalue weighted by Crippen LogP contribution is -2.11. The van der Waals surface area contributed by atoms with Gasteiger partial charge in [-0.3, -0.25) is 4.79 Å². The fourth-order valence-corrected chi connectivity index (χ4v) is 1.53. The van der Waals surface area contributed by atoms with Crippen LogP contribution in [0.1, 0.15) is 21.7 Å². The molecule has 5 heteroatoms. The van der Waals surface area contributed by atoms with E-state index in [1.54, 1.807) is 18.3 Å². The number of amides is 1. The molecule has 2 aromatic rings. The van der Waals surface area contributed by atoms with E-state index in [2.05, 4.69) is 10.3 Å². The first-order valence-electron chi connectivity index (χ1n) is 5.18. The molecule has 0 saturated carbocycles. The van der Waals surface area contributed by atoms with E-state index in [1.807, 2.05) is 13.0 Å². The van der Waals surface area contributed by atoms with E-state index in [9.17, 15) is 4.79 Å². The van der Waals surface area contributed by atoms with Crippen LogP contribution in [0.15, 0.2) is 35.2 Å². The van der Waals surface area contributed by atoms with Gasteiger partial charge in [-0.1, -0.05) is 0 Å². The van der Waals surface area contributed by atoms with Crippen LogP contribution in [0, 0.1) is 6.92 Å². The van der Waals surface area contributed by atoms with Crippen LogP contribution in [-0.2, 0) is 6.54 Å². The quantitative estimate of drug-likeness (QED) is 0.839. The number of aryl methyl sites for hydroxylation is 1. The maximum Gasteiger partial charge on any atom is 0.248 e. The van der Waals surface area contributed by atoms with Crippen LogP contribution in [0.4, 0.5) is 5.69 Å². The van der Waals surface area contributed by atoms with Crippen LogP contribution >= 0.6 is 0 Å². The Hall–Kier alpha value is -2.30. The van der Waals surface area contributed by atoms with Crippen molar-refractivity contribution >= 4 is 11.6 Å². The summed E-state index contributed by atoms with van der Waals surface area (Å²) in [5.74, 6) is 0.332. The standard InChI is InChI=1S/C12H13N3O2/c1-8-4-9(12(13)16)2-3-11(8)15-6-10-5-14-7-17-10/h2-5,7,15H,6H2,1H3,(H2,13,16). The summed E-state index contributed by atoms with van der Waals surface area (Å²) in [5, 5.41) is 3.20. The number of nitrogens with one attached hydrogen (secondary N) is 1. The summed E-state index contributed by atoms with van der Waals surface area (Å²) < 4.78 is 5.11. The zero-order chi connectivity index (χ0) is 12.3. The summed E-state index contributed by atoms with van der Waals surface area (Å²) in [6.07, 6.45) is 3.04. The molecule has 0 fully saturated rings. The average Bonchev–Trinajstić information content (AvgIpc) is 2.80. The molecule has 0 saturated heterocycles. The van der Waals surface area contributed by atoms with E-state index >= 15 is 0 Å². The second kappa shape index (κ2) is 4.69. The Balaban J connectivity index is 2.09. The highest BCUT2D eigenvalue weighted by molar-refractivity contribution is 5.93. The van der Waals surface area contributed by atoms with Crippen LogP contribution in [-0.4, -0.2) is 10.9 Å². The number of hydrogen-bond acceptors (Lipinski definition) is 4. The van der Waals surface area contributed by atoms with Gasteiger partial charge < -0.3 is 15.5 Å². The SMILES string of the molecule is Cc1cc(C(N)=O)ccc1NCc1cnco1. The fourth-order valence-electron chi connectivity index (χ4n) is 1.53. The molecular weight excluding hydrogens is 218 g/mol. The van der Waals surface area contributed by atoms with Crippen molar-refractivity contribution in [1.82, 2.24) is 4.98 Å². The number of rotatable bonds is 4. The number of aromatic nitrogens is 1. The molecule has 0 aliphatic rings. The summed E-state index contributed by atoms with van der Waals surface area (Å²) in [6, 6.07) is 5.27. The molecule has 0 bridgehead atoms. The van der Waals surface area contributed by atoms with Crippen LogP contribution in [0.25, 0.3) is 0 Å². The van der Waals surface area contributed by atoms with Crippen molar-refractivity contribution in [2.24, 2.45) is 5.73 Å². The second-order valence-electron chi connectivity index (χ2n) is 3.72. The molecule has 1 aromatic heterocycles. The molecule has 88 valence electrons. The average molecular weight is 231 g/mol. The molecule has 0 atom stereocenters. The van der Waals surface area contributed by atoms with E-state index in [0.29, 0.717) is 12.1 Å². The molecular formula is C12H13N3O2. The Morgan fingerprint density at radius 1 is 1.53 bits per heavy atom. The topological polar surface area (TPSA) is 81.2 Å². The van der Waals surface area contributed by atoms with Crippen LogP contribution in [0.2, 0.25) is 0 Å².